The minimum atomic E-state index is 0.461. The van der Waals surface area contributed by atoms with E-state index in [1.54, 1.807) is 12.3 Å². The molecule has 0 atom stereocenters. The van der Waals surface area contributed by atoms with Gasteiger partial charge in [0.2, 0.25) is 0 Å². The van der Waals surface area contributed by atoms with Gasteiger partial charge in [-0.1, -0.05) is 31.5 Å². The molecule has 1 heterocycles. The van der Waals surface area contributed by atoms with Gasteiger partial charge in [-0.3, -0.25) is 0 Å². The van der Waals surface area contributed by atoms with Crippen LogP contribution in [-0.4, -0.2) is 11.5 Å². The maximum Gasteiger partial charge on any atom is 0.129 e. The predicted molar refractivity (Wildman–Crippen MR) is 69.7 cm³/mol. The van der Waals surface area contributed by atoms with Crippen molar-refractivity contribution in [2.24, 2.45) is 11.1 Å². The van der Waals surface area contributed by atoms with E-state index in [-0.39, 0.29) is 0 Å². The second-order valence-electron chi connectivity index (χ2n) is 4.20. The first kappa shape index (κ1) is 13.6. The first-order chi connectivity index (χ1) is 8.11. The van der Waals surface area contributed by atoms with Crippen molar-refractivity contribution >= 4 is 11.6 Å². The Hall–Kier alpha value is -1.42. The van der Waals surface area contributed by atoms with Gasteiger partial charge in [-0.25, -0.2) is 4.98 Å². The molecule has 0 bridgehead atoms. The summed E-state index contributed by atoms with van der Waals surface area (Å²) in [6.07, 6.45) is 3.59. The summed E-state index contributed by atoms with van der Waals surface area (Å²) >= 11 is 5.70. The van der Waals surface area contributed by atoms with Crippen LogP contribution in [0.1, 0.15) is 19.4 Å². The average Bonchev–Trinajstić information content (AvgIpc) is 2.29. The minimum Gasteiger partial charge on any atom is -0.386 e. The molecule has 0 unspecified atom stereocenters. The highest BCUT2D eigenvalue weighted by molar-refractivity contribution is 6.29. The SMILES string of the molecule is CC(C)CN/C(=C\N=O)Cc1ccc(Cl)nc1. The number of hydrogen-bond acceptors (Lipinski definition) is 4. The Morgan fingerprint density at radius 3 is 2.88 bits per heavy atom. The van der Waals surface area contributed by atoms with E-state index in [2.05, 4.69) is 29.3 Å². The average molecular weight is 254 g/mol. The number of pyridine rings is 1. The predicted octanol–water partition coefficient (Wildman–Crippen LogP) is 3.13. The fourth-order valence-electron chi connectivity index (χ4n) is 1.28. The van der Waals surface area contributed by atoms with Crippen LogP contribution in [0.5, 0.6) is 0 Å². The topological polar surface area (TPSA) is 54.4 Å². The number of nitrogens with one attached hydrogen (secondary N) is 1. The zero-order valence-electron chi connectivity index (χ0n) is 9.98. The van der Waals surface area contributed by atoms with Crippen LogP contribution in [-0.2, 0) is 6.42 Å². The van der Waals surface area contributed by atoms with Gasteiger partial charge in [0.1, 0.15) is 5.15 Å². The Morgan fingerprint density at radius 1 is 1.59 bits per heavy atom. The van der Waals surface area contributed by atoms with Crippen molar-refractivity contribution < 1.29 is 0 Å². The van der Waals surface area contributed by atoms with Crippen molar-refractivity contribution in [2.75, 3.05) is 6.54 Å². The fraction of sp³-hybridized carbons (Fsp3) is 0.417. The number of hydrogen-bond donors (Lipinski definition) is 1. The zero-order chi connectivity index (χ0) is 12.7. The summed E-state index contributed by atoms with van der Waals surface area (Å²) in [5.41, 5.74) is 1.78. The third kappa shape index (κ3) is 5.45. The lowest BCUT2D eigenvalue weighted by molar-refractivity contribution is 0.589. The smallest absolute Gasteiger partial charge is 0.129 e. The van der Waals surface area contributed by atoms with E-state index in [4.69, 9.17) is 11.6 Å². The molecule has 1 aromatic rings. The van der Waals surface area contributed by atoms with Crippen LogP contribution in [0.2, 0.25) is 5.15 Å². The first-order valence-electron chi connectivity index (χ1n) is 5.47. The highest BCUT2D eigenvalue weighted by Crippen LogP contribution is 2.09. The van der Waals surface area contributed by atoms with Gasteiger partial charge in [-0.05, 0) is 22.7 Å². The van der Waals surface area contributed by atoms with Crippen molar-refractivity contribution in [3.63, 3.8) is 0 Å². The van der Waals surface area contributed by atoms with Gasteiger partial charge in [-0.2, -0.15) is 0 Å². The van der Waals surface area contributed by atoms with Crippen LogP contribution in [0.25, 0.3) is 0 Å². The molecule has 1 rings (SSSR count). The molecule has 0 aliphatic rings. The zero-order valence-corrected chi connectivity index (χ0v) is 10.7. The quantitative estimate of drug-likeness (QED) is 0.626. The van der Waals surface area contributed by atoms with Crippen LogP contribution in [0, 0.1) is 10.8 Å². The monoisotopic (exact) mass is 253 g/mol. The largest absolute Gasteiger partial charge is 0.386 e. The number of nitrogens with zero attached hydrogens (tertiary/aromatic N) is 2. The lowest BCUT2D eigenvalue weighted by Crippen LogP contribution is -2.20. The summed E-state index contributed by atoms with van der Waals surface area (Å²) in [6.45, 7) is 5.01. The van der Waals surface area contributed by atoms with E-state index in [9.17, 15) is 4.91 Å². The maximum atomic E-state index is 10.3. The maximum absolute atomic E-state index is 10.3. The number of rotatable bonds is 6. The van der Waals surface area contributed by atoms with Gasteiger partial charge in [0.15, 0.2) is 0 Å². The van der Waals surface area contributed by atoms with Crippen molar-refractivity contribution in [3.8, 4) is 0 Å². The molecule has 92 valence electrons. The van der Waals surface area contributed by atoms with E-state index >= 15 is 0 Å². The molecule has 17 heavy (non-hydrogen) atoms. The highest BCUT2D eigenvalue weighted by Gasteiger charge is 2.02. The standard InChI is InChI=1S/C12H16ClN3O/c1-9(2)6-14-11(8-16-17)5-10-3-4-12(13)15-7-10/h3-4,7-9,14H,5-6H2,1-2H3/b11-8-. The second kappa shape index (κ2) is 7.01. The summed E-state index contributed by atoms with van der Waals surface area (Å²) in [5, 5.41) is 6.46. The van der Waals surface area contributed by atoms with E-state index < -0.39 is 0 Å². The highest BCUT2D eigenvalue weighted by atomic mass is 35.5. The molecule has 0 saturated heterocycles. The Balaban J connectivity index is 2.63. The van der Waals surface area contributed by atoms with E-state index in [0.29, 0.717) is 17.5 Å². The molecule has 4 nitrogen and oxygen atoms in total. The lowest BCUT2D eigenvalue weighted by Gasteiger charge is -2.11. The van der Waals surface area contributed by atoms with Gasteiger partial charge in [0.25, 0.3) is 0 Å². The third-order valence-corrected chi connectivity index (χ3v) is 2.35. The summed E-state index contributed by atoms with van der Waals surface area (Å²) < 4.78 is 0. The molecule has 0 fully saturated rings. The molecule has 1 aromatic heterocycles. The van der Waals surface area contributed by atoms with Gasteiger partial charge < -0.3 is 5.32 Å². The molecular weight excluding hydrogens is 238 g/mol. The summed E-state index contributed by atoms with van der Waals surface area (Å²) in [5.74, 6) is 0.508. The van der Waals surface area contributed by atoms with E-state index in [0.717, 1.165) is 17.8 Å². The fourth-order valence-corrected chi connectivity index (χ4v) is 1.40. The van der Waals surface area contributed by atoms with Crippen LogP contribution < -0.4 is 5.32 Å². The van der Waals surface area contributed by atoms with E-state index in [1.165, 1.54) is 6.20 Å². The van der Waals surface area contributed by atoms with Crippen LogP contribution in [0.4, 0.5) is 0 Å². The lowest BCUT2D eigenvalue weighted by atomic mass is 10.1. The molecular formula is C12H16ClN3O. The minimum absolute atomic E-state index is 0.461. The molecule has 1 N–H and O–H groups in total. The first-order valence-corrected chi connectivity index (χ1v) is 5.85. The van der Waals surface area contributed by atoms with Crippen molar-refractivity contribution in [1.29, 1.82) is 0 Å². The molecule has 0 aromatic carbocycles. The molecule has 5 heteroatoms. The third-order valence-electron chi connectivity index (χ3n) is 2.13. The van der Waals surface area contributed by atoms with Crippen LogP contribution >= 0.6 is 11.6 Å². The molecule has 0 spiro atoms. The normalized spacial score (nSPS) is 11.6. The van der Waals surface area contributed by atoms with Gasteiger partial charge in [0.05, 0.1) is 6.20 Å². The number of aromatic nitrogens is 1. The second-order valence-corrected chi connectivity index (χ2v) is 4.59. The molecule has 0 amide bonds. The molecule has 0 saturated carbocycles. The van der Waals surface area contributed by atoms with Crippen molar-refractivity contribution in [1.82, 2.24) is 10.3 Å². The Bertz CT molecular complexity index is 387. The number of allylic oxidation sites excluding steroid dienone is 1. The molecule has 0 radical (unpaired) electrons. The van der Waals surface area contributed by atoms with Gasteiger partial charge in [-0.15, -0.1) is 4.91 Å². The Kier molecular flexibility index (Phi) is 5.63. The molecule has 0 aliphatic carbocycles. The Labute approximate surface area is 106 Å². The number of nitroso groups, excluding NO2 is 1. The van der Waals surface area contributed by atoms with Crippen molar-refractivity contribution in [3.05, 3.63) is 45.9 Å². The summed E-state index contributed by atoms with van der Waals surface area (Å²) in [7, 11) is 0. The summed E-state index contributed by atoms with van der Waals surface area (Å²) in [6, 6.07) is 3.61. The number of halogens is 1. The summed E-state index contributed by atoms with van der Waals surface area (Å²) in [4.78, 5) is 14.3. The van der Waals surface area contributed by atoms with E-state index in [1.807, 2.05) is 6.07 Å². The van der Waals surface area contributed by atoms with Crippen LogP contribution in [0.15, 0.2) is 35.4 Å². The van der Waals surface area contributed by atoms with Gasteiger partial charge >= 0.3 is 0 Å². The van der Waals surface area contributed by atoms with Crippen molar-refractivity contribution in [2.45, 2.75) is 20.3 Å². The Morgan fingerprint density at radius 2 is 2.35 bits per heavy atom. The molecule has 0 aliphatic heterocycles. The van der Waals surface area contributed by atoms with Crippen LogP contribution in [0.3, 0.4) is 0 Å². The van der Waals surface area contributed by atoms with Gasteiger partial charge in [0, 0.05) is 24.9 Å².